The van der Waals surface area contributed by atoms with Crippen LogP contribution < -0.4 is 10.1 Å². The van der Waals surface area contributed by atoms with E-state index in [0.29, 0.717) is 12.8 Å². The molecular formula is C17H23NO3. The number of imide groups is 1. The van der Waals surface area contributed by atoms with Crippen molar-refractivity contribution in [2.75, 3.05) is 7.11 Å². The number of benzene rings is 1. The predicted molar refractivity (Wildman–Crippen MR) is 81.1 cm³/mol. The molecule has 1 heterocycles. The lowest BCUT2D eigenvalue weighted by atomic mass is 9.56. The molecule has 1 aromatic carbocycles. The van der Waals surface area contributed by atoms with E-state index in [-0.39, 0.29) is 11.8 Å². The van der Waals surface area contributed by atoms with E-state index in [1.165, 1.54) is 0 Å². The van der Waals surface area contributed by atoms with Gasteiger partial charge in [0.2, 0.25) is 11.8 Å². The Bertz CT molecular complexity index is 565. The molecule has 1 unspecified atom stereocenters. The number of rotatable bonds is 4. The molecule has 0 radical (unpaired) electrons. The lowest BCUT2D eigenvalue weighted by Gasteiger charge is -2.48. The van der Waals surface area contributed by atoms with E-state index in [0.717, 1.165) is 17.7 Å². The van der Waals surface area contributed by atoms with Gasteiger partial charge in [0.15, 0.2) is 0 Å². The van der Waals surface area contributed by atoms with Crippen LogP contribution in [0.15, 0.2) is 24.3 Å². The van der Waals surface area contributed by atoms with Crippen LogP contribution in [-0.2, 0) is 15.0 Å². The highest BCUT2D eigenvalue weighted by molar-refractivity contribution is 6.04. The first-order valence-electron chi connectivity index (χ1n) is 7.36. The van der Waals surface area contributed by atoms with Crippen molar-refractivity contribution >= 4 is 11.8 Å². The summed E-state index contributed by atoms with van der Waals surface area (Å²) in [4.78, 5) is 24.5. The maximum absolute atomic E-state index is 12.8. The number of carbonyl (C=O) groups excluding carboxylic acids is 2. The van der Waals surface area contributed by atoms with Gasteiger partial charge in [0, 0.05) is 6.42 Å². The van der Waals surface area contributed by atoms with Crippen molar-refractivity contribution in [2.45, 2.75) is 45.4 Å². The molecule has 0 aliphatic carbocycles. The van der Waals surface area contributed by atoms with Crippen LogP contribution in [0.1, 0.15) is 45.6 Å². The van der Waals surface area contributed by atoms with Crippen LogP contribution in [0.3, 0.4) is 0 Å². The normalized spacial score (nSPS) is 24.6. The zero-order chi connectivity index (χ0) is 15.7. The fourth-order valence-corrected chi connectivity index (χ4v) is 3.52. The Morgan fingerprint density at radius 2 is 2.00 bits per heavy atom. The fraction of sp³-hybridized carbons (Fsp3) is 0.529. The second kappa shape index (κ2) is 5.51. The minimum absolute atomic E-state index is 0.195. The predicted octanol–water partition coefficient (Wildman–Crippen LogP) is 2.81. The molecule has 1 aliphatic rings. The molecule has 1 saturated heterocycles. The molecule has 0 aromatic heterocycles. The molecule has 0 bridgehead atoms. The Kier molecular flexibility index (Phi) is 4.08. The van der Waals surface area contributed by atoms with Gasteiger partial charge in [-0.3, -0.25) is 14.9 Å². The van der Waals surface area contributed by atoms with Crippen molar-refractivity contribution in [1.29, 1.82) is 0 Å². The van der Waals surface area contributed by atoms with Crippen molar-refractivity contribution in [1.82, 2.24) is 5.32 Å². The average molecular weight is 289 g/mol. The average Bonchev–Trinajstić information content (AvgIpc) is 2.42. The number of nitrogens with one attached hydrogen (secondary N) is 1. The fourth-order valence-electron chi connectivity index (χ4n) is 3.52. The highest BCUT2D eigenvalue weighted by atomic mass is 16.5. The molecule has 114 valence electrons. The van der Waals surface area contributed by atoms with Gasteiger partial charge in [-0.1, -0.05) is 39.3 Å². The summed E-state index contributed by atoms with van der Waals surface area (Å²) in [5.41, 5.74) is -0.224. The first-order chi connectivity index (χ1) is 9.87. The first-order valence-corrected chi connectivity index (χ1v) is 7.36. The monoisotopic (exact) mass is 289 g/mol. The summed E-state index contributed by atoms with van der Waals surface area (Å²) < 4.78 is 5.29. The highest BCUT2D eigenvalue weighted by Crippen LogP contribution is 2.50. The summed E-state index contributed by atoms with van der Waals surface area (Å²) in [5, 5.41) is 2.53. The Balaban J connectivity index is 2.62. The van der Waals surface area contributed by atoms with Gasteiger partial charge < -0.3 is 4.74 Å². The van der Waals surface area contributed by atoms with Crippen LogP contribution in [0.25, 0.3) is 0 Å². The van der Waals surface area contributed by atoms with Crippen molar-refractivity contribution in [3.63, 3.8) is 0 Å². The lowest BCUT2D eigenvalue weighted by molar-refractivity contribution is -0.145. The molecule has 21 heavy (non-hydrogen) atoms. The molecule has 1 aromatic rings. The third-order valence-electron chi connectivity index (χ3n) is 4.59. The number of ether oxygens (including phenoxy) is 1. The molecule has 0 saturated carbocycles. The molecule has 1 aliphatic heterocycles. The number of amides is 2. The minimum Gasteiger partial charge on any atom is -0.497 e. The molecule has 2 amide bonds. The van der Waals surface area contributed by atoms with Crippen LogP contribution >= 0.6 is 0 Å². The van der Waals surface area contributed by atoms with Crippen LogP contribution in [0, 0.1) is 5.41 Å². The topological polar surface area (TPSA) is 55.4 Å². The largest absolute Gasteiger partial charge is 0.497 e. The third-order valence-corrected chi connectivity index (χ3v) is 4.59. The van der Waals surface area contributed by atoms with Crippen molar-refractivity contribution in [3.05, 3.63) is 29.8 Å². The smallest absolute Gasteiger partial charge is 0.237 e. The molecule has 4 heteroatoms. The van der Waals surface area contributed by atoms with Gasteiger partial charge in [0.1, 0.15) is 5.75 Å². The molecular weight excluding hydrogens is 266 g/mol. The standard InChI is InChI=1S/C17H23NO3/c1-5-9-17(12-7-6-8-13(10-12)21-4)15(20)18-14(19)11-16(17,2)3/h6-8,10H,5,9,11H2,1-4H3,(H,18,19,20). The number of methoxy groups -OCH3 is 1. The summed E-state index contributed by atoms with van der Waals surface area (Å²) in [5.74, 6) is 0.335. The van der Waals surface area contributed by atoms with E-state index in [2.05, 4.69) is 12.2 Å². The third kappa shape index (κ3) is 2.43. The van der Waals surface area contributed by atoms with Crippen LogP contribution in [0.2, 0.25) is 0 Å². The van der Waals surface area contributed by atoms with Crippen LogP contribution in [-0.4, -0.2) is 18.9 Å². The highest BCUT2D eigenvalue weighted by Gasteiger charge is 2.55. The first kappa shape index (κ1) is 15.5. The summed E-state index contributed by atoms with van der Waals surface area (Å²) in [7, 11) is 1.61. The second-order valence-corrected chi connectivity index (χ2v) is 6.33. The van der Waals surface area contributed by atoms with Gasteiger partial charge in [-0.2, -0.15) is 0 Å². The number of piperidine rings is 1. The van der Waals surface area contributed by atoms with Gasteiger partial charge in [-0.05, 0) is 29.5 Å². The van der Waals surface area contributed by atoms with E-state index in [1.54, 1.807) is 7.11 Å². The Labute approximate surface area is 125 Å². The molecule has 1 N–H and O–H groups in total. The number of hydrogen-bond acceptors (Lipinski definition) is 3. The minimum atomic E-state index is -0.704. The molecule has 1 fully saturated rings. The molecule has 0 spiro atoms. The van der Waals surface area contributed by atoms with E-state index >= 15 is 0 Å². The van der Waals surface area contributed by atoms with E-state index in [4.69, 9.17) is 4.74 Å². The molecule has 1 atom stereocenters. The Hall–Kier alpha value is -1.84. The van der Waals surface area contributed by atoms with E-state index in [1.807, 2.05) is 38.1 Å². The van der Waals surface area contributed by atoms with Gasteiger partial charge in [-0.15, -0.1) is 0 Å². The van der Waals surface area contributed by atoms with Crippen LogP contribution in [0.4, 0.5) is 0 Å². The van der Waals surface area contributed by atoms with Gasteiger partial charge >= 0.3 is 0 Å². The van der Waals surface area contributed by atoms with Gasteiger partial charge in [0.05, 0.1) is 12.5 Å². The van der Waals surface area contributed by atoms with Crippen molar-refractivity contribution < 1.29 is 14.3 Å². The Morgan fingerprint density at radius 1 is 1.29 bits per heavy atom. The molecule has 2 rings (SSSR count). The quantitative estimate of drug-likeness (QED) is 0.867. The van der Waals surface area contributed by atoms with E-state index in [9.17, 15) is 9.59 Å². The lowest BCUT2D eigenvalue weighted by Crippen LogP contribution is -2.60. The summed E-state index contributed by atoms with van der Waals surface area (Å²) >= 11 is 0. The van der Waals surface area contributed by atoms with E-state index < -0.39 is 10.8 Å². The zero-order valence-electron chi connectivity index (χ0n) is 13.2. The summed E-state index contributed by atoms with van der Waals surface area (Å²) in [6.07, 6.45) is 1.91. The second-order valence-electron chi connectivity index (χ2n) is 6.33. The maximum atomic E-state index is 12.8. The SMILES string of the molecule is CCCC1(c2cccc(OC)c2)C(=O)NC(=O)CC1(C)C. The van der Waals surface area contributed by atoms with Gasteiger partial charge in [0.25, 0.3) is 0 Å². The van der Waals surface area contributed by atoms with Gasteiger partial charge in [-0.25, -0.2) is 0 Å². The summed E-state index contributed by atoms with van der Waals surface area (Å²) in [6.45, 7) is 6.05. The maximum Gasteiger partial charge on any atom is 0.237 e. The zero-order valence-corrected chi connectivity index (χ0v) is 13.2. The van der Waals surface area contributed by atoms with Crippen molar-refractivity contribution in [2.24, 2.45) is 5.41 Å². The number of carbonyl (C=O) groups is 2. The van der Waals surface area contributed by atoms with Crippen molar-refractivity contribution in [3.8, 4) is 5.75 Å². The van der Waals surface area contributed by atoms with Crippen LogP contribution in [0.5, 0.6) is 5.75 Å². The molecule has 4 nitrogen and oxygen atoms in total. The number of hydrogen-bond donors (Lipinski definition) is 1. The Morgan fingerprint density at radius 3 is 2.57 bits per heavy atom. The summed E-state index contributed by atoms with van der Waals surface area (Å²) in [6, 6.07) is 7.62.